The van der Waals surface area contributed by atoms with Crippen molar-refractivity contribution in [2.24, 2.45) is 5.73 Å². The summed E-state index contributed by atoms with van der Waals surface area (Å²) in [5.74, 6) is 0.608. The molecule has 1 aromatic carbocycles. The molecule has 0 aromatic heterocycles. The Bertz CT molecular complexity index is 427. The fourth-order valence-corrected chi connectivity index (χ4v) is 1.61. The van der Waals surface area contributed by atoms with E-state index in [1.165, 1.54) is 0 Å². The summed E-state index contributed by atoms with van der Waals surface area (Å²) in [5.41, 5.74) is 7.49. The summed E-state index contributed by atoms with van der Waals surface area (Å²) in [4.78, 5) is 11.1. The molecule has 1 amide bonds. The SMILES string of the molecule is CC(C)(CN)c1ccc2c(c1)OCC(=O)N2. The van der Waals surface area contributed by atoms with Crippen molar-refractivity contribution in [1.82, 2.24) is 0 Å². The van der Waals surface area contributed by atoms with Gasteiger partial charge in [-0.1, -0.05) is 19.9 Å². The van der Waals surface area contributed by atoms with Crippen LogP contribution in [-0.2, 0) is 10.2 Å². The monoisotopic (exact) mass is 220 g/mol. The first-order valence-electron chi connectivity index (χ1n) is 5.30. The number of hydrogen-bond donors (Lipinski definition) is 2. The lowest BCUT2D eigenvalue weighted by molar-refractivity contribution is -0.118. The number of hydrogen-bond acceptors (Lipinski definition) is 3. The molecule has 0 radical (unpaired) electrons. The first-order chi connectivity index (χ1) is 7.53. The van der Waals surface area contributed by atoms with Crippen molar-refractivity contribution in [3.05, 3.63) is 23.8 Å². The highest BCUT2D eigenvalue weighted by atomic mass is 16.5. The Labute approximate surface area is 94.8 Å². The zero-order valence-electron chi connectivity index (χ0n) is 9.54. The van der Waals surface area contributed by atoms with Gasteiger partial charge in [0, 0.05) is 12.0 Å². The van der Waals surface area contributed by atoms with Crippen molar-refractivity contribution in [3.8, 4) is 5.75 Å². The van der Waals surface area contributed by atoms with Crippen LogP contribution >= 0.6 is 0 Å². The Balaban J connectivity index is 2.36. The van der Waals surface area contributed by atoms with Crippen molar-refractivity contribution in [2.75, 3.05) is 18.5 Å². The van der Waals surface area contributed by atoms with E-state index in [9.17, 15) is 4.79 Å². The van der Waals surface area contributed by atoms with Crippen LogP contribution in [0, 0.1) is 0 Å². The molecule has 0 unspecified atom stereocenters. The zero-order valence-corrected chi connectivity index (χ0v) is 9.54. The van der Waals surface area contributed by atoms with Crippen molar-refractivity contribution in [1.29, 1.82) is 0 Å². The van der Waals surface area contributed by atoms with Gasteiger partial charge < -0.3 is 15.8 Å². The van der Waals surface area contributed by atoms with Crippen LogP contribution in [0.15, 0.2) is 18.2 Å². The van der Waals surface area contributed by atoms with Gasteiger partial charge in [0.1, 0.15) is 5.75 Å². The third-order valence-corrected chi connectivity index (χ3v) is 2.91. The van der Waals surface area contributed by atoms with Gasteiger partial charge in [0.05, 0.1) is 5.69 Å². The Morgan fingerprint density at radius 3 is 2.94 bits per heavy atom. The second kappa shape index (κ2) is 3.79. The lowest BCUT2D eigenvalue weighted by Crippen LogP contribution is -2.29. The first-order valence-corrected chi connectivity index (χ1v) is 5.30. The number of ether oxygens (including phenoxy) is 1. The van der Waals surface area contributed by atoms with Gasteiger partial charge in [-0.25, -0.2) is 0 Å². The standard InChI is InChI=1S/C12H16N2O2/c1-12(2,7-13)8-3-4-9-10(5-8)16-6-11(15)14-9/h3-5H,6-7,13H2,1-2H3,(H,14,15). The van der Waals surface area contributed by atoms with E-state index < -0.39 is 0 Å². The maximum Gasteiger partial charge on any atom is 0.262 e. The smallest absolute Gasteiger partial charge is 0.262 e. The highest BCUT2D eigenvalue weighted by Gasteiger charge is 2.22. The molecule has 1 aromatic rings. The molecule has 1 aliphatic rings. The summed E-state index contributed by atoms with van der Waals surface area (Å²) in [6.07, 6.45) is 0. The molecule has 0 saturated carbocycles. The number of amides is 1. The summed E-state index contributed by atoms with van der Waals surface area (Å²) >= 11 is 0. The van der Waals surface area contributed by atoms with Gasteiger partial charge >= 0.3 is 0 Å². The molecule has 0 atom stereocenters. The summed E-state index contributed by atoms with van der Waals surface area (Å²) < 4.78 is 5.36. The first kappa shape index (κ1) is 11.0. The minimum absolute atomic E-state index is 0.0828. The normalized spacial score (nSPS) is 15.1. The number of rotatable bonds is 2. The molecular formula is C12H16N2O2. The van der Waals surface area contributed by atoms with E-state index in [0.29, 0.717) is 6.54 Å². The molecule has 16 heavy (non-hydrogen) atoms. The predicted molar refractivity (Wildman–Crippen MR) is 62.6 cm³/mol. The number of carbonyl (C=O) groups is 1. The number of fused-ring (bicyclic) bond motifs is 1. The lowest BCUT2D eigenvalue weighted by atomic mass is 9.84. The summed E-state index contributed by atoms with van der Waals surface area (Å²) in [5, 5.41) is 2.76. The summed E-state index contributed by atoms with van der Waals surface area (Å²) in [6, 6.07) is 5.78. The highest BCUT2D eigenvalue weighted by Crippen LogP contribution is 2.33. The van der Waals surface area contributed by atoms with Crippen LogP contribution in [0.25, 0.3) is 0 Å². The molecule has 4 nitrogen and oxygen atoms in total. The van der Waals surface area contributed by atoms with Gasteiger partial charge in [0.15, 0.2) is 6.61 Å². The van der Waals surface area contributed by atoms with Crippen LogP contribution in [0.5, 0.6) is 5.75 Å². The maximum absolute atomic E-state index is 11.1. The fourth-order valence-electron chi connectivity index (χ4n) is 1.61. The fraction of sp³-hybridized carbons (Fsp3) is 0.417. The van der Waals surface area contributed by atoms with Crippen molar-refractivity contribution < 1.29 is 9.53 Å². The van der Waals surface area contributed by atoms with E-state index >= 15 is 0 Å². The third-order valence-electron chi connectivity index (χ3n) is 2.91. The van der Waals surface area contributed by atoms with E-state index in [1.807, 2.05) is 18.2 Å². The van der Waals surface area contributed by atoms with Crippen molar-refractivity contribution in [3.63, 3.8) is 0 Å². The van der Waals surface area contributed by atoms with Crippen LogP contribution in [-0.4, -0.2) is 19.1 Å². The van der Waals surface area contributed by atoms with E-state index in [2.05, 4.69) is 19.2 Å². The Hall–Kier alpha value is -1.55. The second-order valence-electron chi connectivity index (χ2n) is 4.64. The van der Waals surface area contributed by atoms with E-state index in [0.717, 1.165) is 17.0 Å². The zero-order chi connectivity index (χ0) is 11.8. The molecule has 0 saturated heterocycles. The second-order valence-corrected chi connectivity index (χ2v) is 4.64. The van der Waals surface area contributed by atoms with Gasteiger partial charge in [-0.2, -0.15) is 0 Å². The van der Waals surface area contributed by atoms with Gasteiger partial charge in [0.2, 0.25) is 0 Å². The van der Waals surface area contributed by atoms with Crippen LogP contribution in [0.2, 0.25) is 0 Å². The minimum atomic E-state index is -0.113. The molecule has 86 valence electrons. The van der Waals surface area contributed by atoms with Crippen LogP contribution in [0.3, 0.4) is 0 Å². The Morgan fingerprint density at radius 1 is 1.50 bits per heavy atom. The molecule has 0 bridgehead atoms. The lowest BCUT2D eigenvalue weighted by Gasteiger charge is -2.26. The summed E-state index contributed by atoms with van der Waals surface area (Å²) in [6.45, 7) is 4.81. The number of nitrogens with one attached hydrogen (secondary N) is 1. The van der Waals surface area contributed by atoms with Gasteiger partial charge in [0.25, 0.3) is 5.91 Å². The van der Waals surface area contributed by atoms with Crippen LogP contribution in [0.4, 0.5) is 5.69 Å². The number of nitrogens with two attached hydrogens (primary N) is 1. The number of carbonyl (C=O) groups excluding carboxylic acids is 1. The average Bonchev–Trinajstić information content (AvgIpc) is 2.28. The third kappa shape index (κ3) is 1.88. The van der Waals surface area contributed by atoms with E-state index in [4.69, 9.17) is 10.5 Å². The Morgan fingerprint density at radius 2 is 2.25 bits per heavy atom. The highest BCUT2D eigenvalue weighted by molar-refractivity contribution is 5.95. The molecular weight excluding hydrogens is 204 g/mol. The molecule has 3 N–H and O–H groups in total. The topological polar surface area (TPSA) is 64.3 Å². The molecule has 2 rings (SSSR count). The van der Waals surface area contributed by atoms with Crippen LogP contribution < -0.4 is 15.8 Å². The molecule has 1 aliphatic heterocycles. The van der Waals surface area contributed by atoms with Crippen LogP contribution in [0.1, 0.15) is 19.4 Å². The van der Waals surface area contributed by atoms with E-state index in [1.54, 1.807) is 0 Å². The van der Waals surface area contributed by atoms with Gasteiger partial charge in [-0.05, 0) is 17.7 Å². The molecule has 1 heterocycles. The van der Waals surface area contributed by atoms with Gasteiger partial charge in [-0.3, -0.25) is 4.79 Å². The molecule has 0 aliphatic carbocycles. The molecule has 0 spiro atoms. The summed E-state index contributed by atoms with van der Waals surface area (Å²) in [7, 11) is 0. The molecule has 0 fully saturated rings. The number of benzene rings is 1. The Kier molecular flexibility index (Phi) is 2.59. The van der Waals surface area contributed by atoms with Crippen molar-refractivity contribution >= 4 is 11.6 Å². The average molecular weight is 220 g/mol. The minimum Gasteiger partial charge on any atom is -0.482 e. The predicted octanol–water partition coefficient (Wildman–Crippen LogP) is 1.25. The largest absolute Gasteiger partial charge is 0.482 e. The maximum atomic E-state index is 11.1. The van der Waals surface area contributed by atoms with E-state index in [-0.39, 0.29) is 17.9 Å². The van der Waals surface area contributed by atoms with Crippen molar-refractivity contribution in [2.45, 2.75) is 19.3 Å². The quantitative estimate of drug-likeness (QED) is 0.788. The van der Waals surface area contributed by atoms with Gasteiger partial charge in [-0.15, -0.1) is 0 Å². The molecule has 4 heteroatoms. The number of anilines is 1.